The van der Waals surface area contributed by atoms with E-state index in [0.717, 1.165) is 48.7 Å². The molecule has 2 aliphatic heterocycles. The average Bonchev–Trinajstić information content (AvgIpc) is 3.08. The van der Waals surface area contributed by atoms with E-state index in [2.05, 4.69) is 16.0 Å². The largest absolute Gasteiger partial charge is 0.307 e. The van der Waals surface area contributed by atoms with Crippen molar-refractivity contribution >= 4 is 34.8 Å². The molecule has 1 saturated heterocycles. The first-order valence-electron chi connectivity index (χ1n) is 10.6. The number of rotatable bonds is 3. The summed E-state index contributed by atoms with van der Waals surface area (Å²) in [5, 5.41) is 1.01. The molecule has 0 aliphatic carbocycles. The molecule has 0 radical (unpaired) electrons. The van der Waals surface area contributed by atoms with Crippen molar-refractivity contribution in [2.24, 2.45) is 0 Å². The van der Waals surface area contributed by atoms with Gasteiger partial charge in [-0.25, -0.2) is 9.37 Å². The molecule has 3 aromatic rings. The molecule has 1 amide bonds. The molecule has 32 heavy (non-hydrogen) atoms. The van der Waals surface area contributed by atoms with Gasteiger partial charge in [0.15, 0.2) is 0 Å². The van der Waals surface area contributed by atoms with E-state index in [1.165, 1.54) is 17.8 Å². The number of fused-ring (bicyclic) bond motifs is 2. The fourth-order valence-corrected chi connectivity index (χ4v) is 5.36. The number of halogens is 3. The molecule has 164 valence electrons. The fourth-order valence-electron chi connectivity index (χ4n) is 4.97. The van der Waals surface area contributed by atoms with Crippen LogP contribution < -0.4 is 4.90 Å². The van der Waals surface area contributed by atoms with Crippen LogP contribution >= 0.6 is 23.2 Å². The number of carbonyl (C=O) groups excluding carboxylic acids is 1. The number of hydrogen-bond donors (Lipinski definition) is 0. The summed E-state index contributed by atoms with van der Waals surface area (Å²) < 4.78 is 14.3. The summed E-state index contributed by atoms with van der Waals surface area (Å²) in [6.07, 6.45) is 3.23. The zero-order valence-electron chi connectivity index (χ0n) is 17.4. The number of likely N-dealkylation sites (tertiary alicyclic amines) is 1. The number of pyridine rings is 1. The van der Waals surface area contributed by atoms with Gasteiger partial charge < -0.3 is 4.90 Å². The molecule has 0 N–H and O–H groups in total. The highest BCUT2D eigenvalue weighted by Crippen LogP contribution is 2.48. The summed E-state index contributed by atoms with van der Waals surface area (Å²) in [7, 11) is 0. The standard InChI is InChI=1S/C25H22Cl2FN3O/c26-19-3-1-2-17(12-19)15-30-10-7-25(8-11-30)16-31(22-5-4-20(28)14-21(22)25)24(32)18-6-9-29-23(27)13-18/h1-6,9,12-14H,7-8,10-11,15-16H2. The van der Waals surface area contributed by atoms with E-state index in [1.807, 2.05) is 18.2 Å². The van der Waals surface area contributed by atoms with Crippen LogP contribution in [-0.2, 0) is 12.0 Å². The van der Waals surface area contributed by atoms with Crippen molar-refractivity contribution in [3.05, 3.63) is 93.5 Å². The Morgan fingerprint density at radius 1 is 1.06 bits per heavy atom. The molecule has 2 aliphatic rings. The van der Waals surface area contributed by atoms with Crippen LogP contribution in [0.2, 0.25) is 10.2 Å². The number of benzene rings is 2. The fraction of sp³-hybridized carbons (Fsp3) is 0.280. The van der Waals surface area contributed by atoms with Crippen LogP contribution in [0.1, 0.15) is 34.3 Å². The Morgan fingerprint density at radius 3 is 2.62 bits per heavy atom. The second kappa shape index (κ2) is 8.47. The molecule has 5 rings (SSSR count). The molecule has 4 nitrogen and oxygen atoms in total. The predicted molar refractivity (Wildman–Crippen MR) is 125 cm³/mol. The van der Waals surface area contributed by atoms with E-state index in [4.69, 9.17) is 23.2 Å². The van der Waals surface area contributed by atoms with Crippen LogP contribution in [0.5, 0.6) is 0 Å². The van der Waals surface area contributed by atoms with Crippen LogP contribution in [0.3, 0.4) is 0 Å². The van der Waals surface area contributed by atoms with Crippen LogP contribution in [0.25, 0.3) is 0 Å². The summed E-state index contributed by atoms with van der Waals surface area (Å²) in [6.45, 7) is 3.09. The molecule has 3 heterocycles. The van der Waals surface area contributed by atoms with Gasteiger partial charge in [0.1, 0.15) is 11.0 Å². The molecule has 7 heteroatoms. The number of carbonyl (C=O) groups is 1. The van der Waals surface area contributed by atoms with Gasteiger partial charge in [-0.15, -0.1) is 0 Å². The van der Waals surface area contributed by atoms with E-state index in [9.17, 15) is 9.18 Å². The van der Waals surface area contributed by atoms with Gasteiger partial charge in [0, 0.05) is 41.0 Å². The Bertz CT molecular complexity index is 1180. The Labute approximate surface area is 196 Å². The highest BCUT2D eigenvalue weighted by molar-refractivity contribution is 6.30. The third kappa shape index (κ3) is 4.01. The third-order valence-electron chi connectivity index (χ3n) is 6.61. The van der Waals surface area contributed by atoms with E-state index < -0.39 is 0 Å². The molecule has 1 fully saturated rings. The smallest absolute Gasteiger partial charge is 0.258 e. The van der Waals surface area contributed by atoms with Gasteiger partial charge >= 0.3 is 0 Å². The first-order valence-corrected chi connectivity index (χ1v) is 11.4. The SMILES string of the molecule is O=C(c1ccnc(Cl)c1)N1CC2(CCN(Cc3cccc(Cl)c3)CC2)c2cc(F)ccc21. The first kappa shape index (κ1) is 21.4. The van der Waals surface area contributed by atoms with Crippen molar-refractivity contribution in [1.29, 1.82) is 0 Å². The predicted octanol–water partition coefficient (Wildman–Crippen LogP) is 5.72. The Morgan fingerprint density at radius 2 is 1.88 bits per heavy atom. The lowest BCUT2D eigenvalue weighted by atomic mass is 9.74. The molecular weight excluding hydrogens is 448 g/mol. The number of piperidine rings is 1. The minimum absolute atomic E-state index is 0.139. The quantitative estimate of drug-likeness (QED) is 0.460. The zero-order valence-corrected chi connectivity index (χ0v) is 18.9. The van der Waals surface area contributed by atoms with Crippen molar-refractivity contribution in [3.8, 4) is 0 Å². The Balaban J connectivity index is 1.39. The van der Waals surface area contributed by atoms with Crippen molar-refractivity contribution in [2.75, 3.05) is 24.5 Å². The van der Waals surface area contributed by atoms with Crippen LogP contribution in [0.15, 0.2) is 60.8 Å². The molecule has 0 atom stereocenters. The lowest BCUT2D eigenvalue weighted by Crippen LogP contribution is -2.45. The van der Waals surface area contributed by atoms with E-state index in [-0.39, 0.29) is 22.3 Å². The average molecular weight is 470 g/mol. The summed E-state index contributed by atoms with van der Waals surface area (Å²) >= 11 is 12.1. The maximum atomic E-state index is 14.3. The van der Waals surface area contributed by atoms with Gasteiger partial charge in [-0.3, -0.25) is 9.69 Å². The van der Waals surface area contributed by atoms with E-state index in [0.29, 0.717) is 12.1 Å². The minimum Gasteiger partial charge on any atom is -0.307 e. The van der Waals surface area contributed by atoms with Crippen LogP contribution in [0, 0.1) is 5.82 Å². The molecule has 1 spiro atoms. The normalized spacial score (nSPS) is 17.5. The molecule has 1 aromatic heterocycles. The monoisotopic (exact) mass is 469 g/mol. The summed E-state index contributed by atoms with van der Waals surface area (Å²) in [6, 6.07) is 15.9. The summed E-state index contributed by atoms with van der Waals surface area (Å²) in [4.78, 5) is 21.5. The van der Waals surface area contributed by atoms with Crippen LogP contribution in [-0.4, -0.2) is 35.4 Å². The number of anilines is 1. The molecule has 2 aromatic carbocycles. The van der Waals surface area contributed by atoms with Gasteiger partial charge in [-0.2, -0.15) is 0 Å². The second-order valence-corrected chi connectivity index (χ2v) is 9.43. The van der Waals surface area contributed by atoms with Gasteiger partial charge in [0.05, 0.1) is 0 Å². The molecule has 0 bridgehead atoms. The topological polar surface area (TPSA) is 36.4 Å². The second-order valence-electron chi connectivity index (χ2n) is 8.61. The van der Waals surface area contributed by atoms with Gasteiger partial charge in [-0.05, 0) is 79.5 Å². The van der Waals surface area contributed by atoms with E-state index in [1.54, 1.807) is 29.2 Å². The summed E-state index contributed by atoms with van der Waals surface area (Å²) in [5.74, 6) is -0.411. The zero-order chi connectivity index (χ0) is 22.3. The Kier molecular flexibility index (Phi) is 5.66. The molecule has 0 saturated carbocycles. The third-order valence-corrected chi connectivity index (χ3v) is 7.05. The summed E-state index contributed by atoms with van der Waals surface area (Å²) in [5.41, 5.74) is 3.11. The van der Waals surface area contributed by atoms with Crippen molar-refractivity contribution < 1.29 is 9.18 Å². The lowest BCUT2D eigenvalue weighted by molar-refractivity contribution is 0.0975. The first-order chi connectivity index (χ1) is 15.4. The lowest BCUT2D eigenvalue weighted by Gasteiger charge is -2.40. The minimum atomic E-state index is -0.272. The van der Waals surface area contributed by atoms with Gasteiger partial charge in [0.25, 0.3) is 5.91 Å². The number of nitrogens with zero attached hydrogens (tertiary/aromatic N) is 3. The number of hydrogen-bond acceptors (Lipinski definition) is 3. The number of aromatic nitrogens is 1. The maximum absolute atomic E-state index is 14.3. The highest BCUT2D eigenvalue weighted by Gasteiger charge is 2.46. The maximum Gasteiger partial charge on any atom is 0.258 e. The van der Waals surface area contributed by atoms with Crippen molar-refractivity contribution in [2.45, 2.75) is 24.8 Å². The number of amides is 1. The van der Waals surface area contributed by atoms with Crippen LogP contribution in [0.4, 0.5) is 10.1 Å². The van der Waals surface area contributed by atoms with Crippen molar-refractivity contribution in [3.63, 3.8) is 0 Å². The molecular formula is C25H22Cl2FN3O. The highest BCUT2D eigenvalue weighted by atomic mass is 35.5. The van der Waals surface area contributed by atoms with Crippen molar-refractivity contribution in [1.82, 2.24) is 9.88 Å². The van der Waals surface area contributed by atoms with Gasteiger partial charge in [0.2, 0.25) is 0 Å². The van der Waals surface area contributed by atoms with Gasteiger partial charge in [-0.1, -0.05) is 35.3 Å². The van der Waals surface area contributed by atoms with E-state index >= 15 is 0 Å². The molecule has 0 unspecified atom stereocenters. The Hall–Kier alpha value is -2.47.